The molecule has 0 bridgehead atoms. The molecule has 0 unspecified atom stereocenters. The van der Waals surface area contributed by atoms with Gasteiger partial charge in [0.2, 0.25) is 0 Å². The van der Waals surface area contributed by atoms with Gasteiger partial charge in [-0.3, -0.25) is 0 Å². The van der Waals surface area contributed by atoms with E-state index in [2.05, 4.69) is 32.9 Å². The highest BCUT2D eigenvalue weighted by Gasteiger charge is 1.90. The molecule has 0 radical (unpaired) electrons. The van der Waals surface area contributed by atoms with Crippen molar-refractivity contribution in [1.82, 2.24) is 0 Å². The van der Waals surface area contributed by atoms with Crippen LogP contribution in [0.4, 0.5) is 0 Å². The molecule has 1 atom stereocenters. The predicted octanol–water partition coefficient (Wildman–Crippen LogP) is 3.00. The monoisotopic (exact) mass is 112 g/mol. The summed E-state index contributed by atoms with van der Waals surface area (Å²) in [5.41, 5.74) is 0. The smallest absolute Gasteiger partial charge is 0.0262 e. The summed E-state index contributed by atoms with van der Waals surface area (Å²) in [6, 6.07) is 0. The van der Waals surface area contributed by atoms with Crippen molar-refractivity contribution in [3.63, 3.8) is 0 Å². The van der Waals surface area contributed by atoms with Gasteiger partial charge in [0.05, 0.1) is 0 Å². The Labute approximate surface area is 52.6 Å². The zero-order valence-corrected chi connectivity index (χ0v) is 6.15. The minimum Gasteiger partial charge on any atom is -0.0914 e. The van der Waals surface area contributed by atoms with E-state index in [1.165, 1.54) is 12.8 Å². The van der Waals surface area contributed by atoms with Crippen molar-refractivity contribution in [2.24, 2.45) is 5.92 Å². The fourth-order valence-electron chi connectivity index (χ4n) is 0.880. The van der Waals surface area contributed by atoms with E-state index >= 15 is 0 Å². The van der Waals surface area contributed by atoms with Crippen molar-refractivity contribution in [2.75, 3.05) is 0 Å². The maximum Gasteiger partial charge on any atom is -0.0262 e. The summed E-state index contributed by atoms with van der Waals surface area (Å²) >= 11 is 0. The molecule has 0 aliphatic rings. The van der Waals surface area contributed by atoms with E-state index in [4.69, 9.17) is 0 Å². The zero-order valence-electron chi connectivity index (χ0n) is 6.15. The highest BCUT2D eigenvalue weighted by atomic mass is 14.0. The molecule has 0 N–H and O–H groups in total. The van der Waals surface area contributed by atoms with Gasteiger partial charge in [-0.2, -0.15) is 0 Å². The summed E-state index contributed by atoms with van der Waals surface area (Å²) in [7, 11) is 0. The summed E-state index contributed by atoms with van der Waals surface area (Å²) in [5.74, 6) is 0.782. The van der Waals surface area contributed by atoms with Gasteiger partial charge in [0.15, 0.2) is 0 Å². The van der Waals surface area contributed by atoms with Crippen LogP contribution in [0.25, 0.3) is 0 Å². The molecule has 0 fully saturated rings. The first-order valence-electron chi connectivity index (χ1n) is 3.44. The lowest BCUT2D eigenvalue weighted by Gasteiger charge is -1.99. The molecule has 0 aromatic rings. The first-order chi connectivity index (χ1) is 3.81. The van der Waals surface area contributed by atoms with Gasteiger partial charge in [-0.15, -0.1) is 0 Å². The number of hydrogen-bond acceptors (Lipinski definition) is 0. The molecule has 8 heavy (non-hydrogen) atoms. The molecule has 0 nitrogen and oxygen atoms in total. The molecule has 48 valence electrons. The van der Waals surface area contributed by atoms with E-state index in [0.29, 0.717) is 0 Å². The Morgan fingerprint density at radius 1 is 1.50 bits per heavy atom. The standard InChI is InChI=1S/C8H16/c1-4-6-8(3)7-5-2/h4,6,8H,5,7H2,1-3H3/b6-4-/t8-/m1/s1. The normalized spacial score (nSPS) is 14.9. The summed E-state index contributed by atoms with van der Waals surface area (Å²) in [6.07, 6.45) is 7.00. The van der Waals surface area contributed by atoms with Crippen molar-refractivity contribution in [2.45, 2.75) is 33.6 Å². The lowest BCUT2D eigenvalue weighted by molar-refractivity contribution is 0.633. The van der Waals surface area contributed by atoms with E-state index < -0.39 is 0 Å². The Hall–Kier alpha value is -0.260. The van der Waals surface area contributed by atoms with Gasteiger partial charge in [-0.25, -0.2) is 0 Å². The summed E-state index contributed by atoms with van der Waals surface area (Å²) in [5, 5.41) is 0. The second-order valence-corrected chi connectivity index (χ2v) is 2.29. The van der Waals surface area contributed by atoms with E-state index in [-0.39, 0.29) is 0 Å². The van der Waals surface area contributed by atoms with E-state index in [9.17, 15) is 0 Å². The number of allylic oxidation sites excluding steroid dienone is 2. The van der Waals surface area contributed by atoms with Crippen LogP contribution in [0.15, 0.2) is 12.2 Å². The topological polar surface area (TPSA) is 0 Å². The lowest BCUT2D eigenvalue weighted by atomic mass is 10.1. The molecule has 0 heterocycles. The second kappa shape index (κ2) is 4.89. The number of rotatable bonds is 3. The first kappa shape index (κ1) is 7.74. The van der Waals surface area contributed by atoms with Crippen LogP contribution < -0.4 is 0 Å². The van der Waals surface area contributed by atoms with E-state index in [0.717, 1.165) is 5.92 Å². The summed E-state index contributed by atoms with van der Waals surface area (Å²) in [6.45, 7) is 6.55. The van der Waals surface area contributed by atoms with Crippen LogP contribution in [0.5, 0.6) is 0 Å². The molecule has 0 aromatic carbocycles. The molecular formula is C8H16. The summed E-state index contributed by atoms with van der Waals surface area (Å²) < 4.78 is 0. The molecular weight excluding hydrogens is 96.1 g/mol. The van der Waals surface area contributed by atoms with Gasteiger partial charge in [-0.1, -0.05) is 32.4 Å². The van der Waals surface area contributed by atoms with Gasteiger partial charge in [0.25, 0.3) is 0 Å². The van der Waals surface area contributed by atoms with Crippen LogP contribution in [-0.4, -0.2) is 0 Å². The average molecular weight is 112 g/mol. The van der Waals surface area contributed by atoms with Crippen LogP contribution in [0.1, 0.15) is 33.6 Å². The van der Waals surface area contributed by atoms with Gasteiger partial charge >= 0.3 is 0 Å². The molecule has 0 rings (SSSR count). The Kier molecular flexibility index (Phi) is 4.73. The fourth-order valence-corrected chi connectivity index (χ4v) is 0.880. The highest BCUT2D eigenvalue weighted by Crippen LogP contribution is 2.05. The first-order valence-corrected chi connectivity index (χ1v) is 3.44. The molecule has 0 aromatic heterocycles. The molecule has 0 saturated carbocycles. The van der Waals surface area contributed by atoms with Crippen molar-refractivity contribution >= 4 is 0 Å². The van der Waals surface area contributed by atoms with Crippen LogP contribution in [-0.2, 0) is 0 Å². The maximum atomic E-state index is 2.25. The minimum atomic E-state index is 0.782. The highest BCUT2D eigenvalue weighted by molar-refractivity contribution is 4.82. The Balaban J connectivity index is 3.17. The van der Waals surface area contributed by atoms with Crippen LogP contribution in [0.2, 0.25) is 0 Å². The van der Waals surface area contributed by atoms with Gasteiger partial charge in [0, 0.05) is 0 Å². The van der Waals surface area contributed by atoms with Gasteiger partial charge < -0.3 is 0 Å². The molecule has 0 amide bonds. The zero-order chi connectivity index (χ0) is 6.41. The van der Waals surface area contributed by atoms with Crippen molar-refractivity contribution in [3.8, 4) is 0 Å². The van der Waals surface area contributed by atoms with Gasteiger partial charge in [-0.05, 0) is 19.3 Å². The van der Waals surface area contributed by atoms with Crippen molar-refractivity contribution < 1.29 is 0 Å². The molecule has 0 aliphatic heterocycles. The average Bonchev–Trinajstić information content (AvgIpc) is 1.68. The Bertz CT molecular complexity index is 62.4. The number of hydrogen-bond donors (Lipinski definition) is 0. The van der Waals surface area contributed by atoms with Crippen molar-refractivity contribution in [1.29, 1.82) is 0 Å². The van der Waals surface area contributed by atoms with Crippen LogP contribution in [0.3, 0.4) is 0 Å². The third kappa shape index (κ3) is 3.91. The van der Waals surface area contributed by atoms with E-state index in [1.54, 1.807) is 0 Å². The second-order valence-electron chi connectivity index (χ2n) is 2.29. The van der Waals surface area contributed by atoms with Crippen molar-refractivity contribution in [3.05, 3.63) is 12.2 Å². The Morgan fingerprint density at radius 2 is 2.12 bits per heavy atom. The van der Waals surface area contributed by atoms with Crippen LogP contribution in [0, 0.1) is 5.92 Å². The minimum absolute atomic E-state index is 0.782. The van der Waals surface area contributed by atoms with Crippen LogP contribution >= 0.6 is 0 Å². The lowest BCUT2D eigenvalue weighted by Crippen LogP contribution is -1.85. The third-order valence-electron chi connectivity index (χ3n) is 1.26. The SMILES string of the molecule is C/C=C\[C@@H](C)CCC. The molecule has 0 aliphatic carbocycles. The van der Waals surface area contributed by atoms with E-state index in [1.807, 2.05) is 0 Å². The van der Waals surface area contributed by atoms with Gasteiger partial charge in [0.1, 0.15) is 0 Å². The quantitative estimate of drug-likeness (QED) is 0.492. The molecule has 0 saturated heterocycles. The Morgan fingerprint density at radius 3 is 2.50 bits per heavy atom. The molecule has 0 heteroatoms. The maximum absolute atomic E-state index is 2.25. The third-order valence-corrected chi connectivity index (χ3v) is 1.26. The summed E-state index contributed by atoms with van der Waals surface area (Å²) in [4.78, 5) is 0. The largest absolute Gasteiger partial charge is 0.0914 e. The predicted molar refractivity (Wildman–Crippen MR) is 38.9 cm³/mol. The fraction of sp³-hybridized carbons (Fsp3) is 0.750. The molecule has 0 spiro atoms.